The number of nitrogens with zero attached hydrogens (tertiary/aromatic N) is 1. The lowest BCUT2D eigenvalue weighted by Crippen LogP contribution is -2.13. The average Bonchev–Trinajstić information content (AvgIpc) is 2.58. The Bertz CT molecular complexity index is 202. The maximum Gasteiger partial charge on any atom is 0.180 e. The zero-order chi connectivity index (χ0) is 7.52. The van der Waals surface area contributed by atoms with Crippen molar-refractivity contribution in [3.63, 3.8) is 0 Å². The number of ether oxygens (including phenoxy) is 1. The van der Waals surface area contributed by atoms with Gasteiger partial charge in [-0.3, -0.25) is 0 Å². The number of aromatic nitrogens is 1. The molecule has 0 atom stereocenters. The highest BCUT2D eigenvalue weighted by atomic mass is 16.5. The summed E-state index contributed by atoms with van der Waals surface area (Å²) in [6.45, 7) is 1.71. The molecule has 0 amide bonds. The van der Waals surface area contributed by atoms with Gasteiger partial charge in [0.2, 0.25) is 0 Å². The highest BCUT2D eigenvalue weighted by molar-refractivity contribution is 4.99. The van der Waals surface area contributed by atoms with Gasteiger partial charge in [0.1, 0.15) is 5.76 Å². The molecular weight excluding hydrogens is 142 g/mol. The van der Waals surface area contributed by atoms with Crippen molar-refractivity contribution < 1.29 is 9.15 Å². The van der Waals surface area contributed by atoms with Gasteiger partial charge < -0.3 is 9.15 Å². The van der Waals surface area contributed by atoms with E-state index in [0.29, 0.717) is 5.92 Å². The minimum atomic E-state index is 0.534. The lowest BCUT2D eigenvalue weighted by Gasteiger charge is -2.19. The second-order valence-electron chi connectivity index (χ2n) is 2.79. The van der Waals surface area contributed by atoms with E-state index in [2.05, 4.69) is 4.98 Å². The van der Waals surface area contributed by atoms with E-state index in [1.165, 1.54) is 6.39 Å². The highest BCUT2D eigenvalue weighted by Crippen LogP contribution is 2.25. The summed E-state index contributed by atoms with van der Waals surface area (Å²) in [4.78, 5) is 3.89. The second kappa shape index (κ2) is 3.05. The molecule has 0 aromatic carbocycles. The molecule has 0 saturated carbocycles. The smallest absolute Gasteiger partial charge is 0.180 e. The molecule has 0 N–H and O–H groups in total. The van der Waals surface area contributed by atoms with Crippen LogP contribution in [0.15, 0.2) is 17.0 Å². The van der Waals surface area contributed by atoms with Gasteiger partial charge in [-0.25, -0.2) is 4.98 Å². The maximum atomic E-state index is 5.24. The predicted octanol–water partition coefficient (Wildman–Crippen LogP) is 1.57. The Morgan fingerprint density at radius 2 is 2.18 bits per heavy atom. The van der Waals surface area contributed by atoms with Crippen LogP contribution in [0.25, 0.3) is 0 Å². The molecule has 0 spiro atoms. The Balaban J connectivity index is 2.04. The van der Waals surface area contributed by atoms with E-state index in [-0.39, 0.29) is 0 Å². The van der Waals surface area contributed by atoms with Crippen molar-refractivity contribution >= 4 is 0 Å². The molecule has 1 aliphatic heterocycles. The van der Waals surface area contributed by atoms with Crippen LogP contribution in [-0.4, -0.2) is 18.2 Å². The molecule has 0 radical (unpaired) electrons. The van der Waals surface area contributed by atoms with Gasteiger partial charge in [-0.2, -0.15) is 0 Å². The molecule has 2 heterocycles. The molecule has 2 rings (SSSR count). The summed E-state index contributed by atoms with van der Waals surface area (Å²) in [5.74, 6) is 1.54. The van der Waals surface area contributed by atoms with Crippen LogP contribution in [-0.2, 0) is 4.74 Å². The van der Waals surface area contributed by atoms with E-state index in [9.17, 15) is 0 Å². The molecular formula is C8H11NO2. The van der Waals surface area contributed by atoms with Crippen molar-refractivity contribution in [1.29, 1.82) is 0 Å². The second-order valence-corrected chi connectivity index (χ2v) is 2.79. The molecule has 0 aliphatic carbocycles. The Hall–Kier alpha value is -0.830. The minimum Gasteiger partial charge on any atom is -0.448 e. The maximum absolute atomic E-state index is 5.24. The van der Waals surface area contributed by atoms with Crippen molar-refractivity contribution in [2.75, 3.05) is 13.2 Å². The SMILES string of the molecule is c1ncc(C2CCOCC2)o1. The summed E-state index contributed by atoms with van der Waals surface area (Å²) in [5, 5.41) is 0. The first kappa shape index (κ1) is 6.85. The monoisotopic (exact) mass is 153 g/mol. The summed E-state index contributed by atoms with van der Waals surface area (Å²) in [6, 6.07) is 0. The van der Waals surface area contributed by atoms with E-state index in [0.717, 1.165) is 31.8 Å². The third-order valence-corrected chi connectivity index (χ3v) is 2.08. The summed E-state index contributed by atoms with van der Waals surface area (Å²) in [7, 11) is 0. The third-order valence-electron chi connectivity index (χ3n) is 2.08. The Labute approximate surface area is 65.4 Å². The zero-order valence-corrected chi connectivity index (χ0v) is 6.32. The van der Waals surface area contributed by atoms with Crippen molar-refractivity contribution in [3.05, 3.63) is 18.4 Å². The molecule has 11 heavy (non-hydrogen) atoms. The zero-order valence-electron chi connectivity index (χ0n) is 6.32. The quantitative estimate of drug-likeness (QED) is 0.614. The normalized spacial score (nSPS) is 20.4. The molecule has 3 nitrogen and oxygen atoms in total. The Kier molecular flexibility index (Phi) is 1.90. The molecule has 3 heteroatoms. The van der Waals surface area contributed by atoms with Crippen LogP contribution in [0.5, 0.6) is 0 Å². The van der Waals surface area contributed by atoms with Crippen LogP contribution in [0.3, 0.4) is 0 Å². The third kappa shape index (κ3) is 1.43. The topological polar surface area (TPSA) is 35.3 Å². The minimum absolute atomic E-state index is 0.534. The van der Waals surface area contributed by atoms with Crippen LogP contribution in [0, 0.1) is 0 Å². The van der Waals surface area contributed by atoms with Crippen molar-refractivity contribution in [3.8, 4) is 0 Å². The fourth-order valence-corrected chi connectivity index (χ4v) is 1.41. The van der Waals surface area contributed by atoms with Crippen LogP contribution in [0.1, 0.15) is 24.5 Å². The predicted molar refractivity (Wildman–Crippen MR) is 39.3 cm³/mol. The number of oxazole rings is 1. The van der Waals surface area contributed by atoms with Gasteiger partial charge in [-0.05, 0) is 12.8 Å². The van der Waals surface area contributed by atoms with Crippen molar-refractivity contribution in [2.45, 2.75) is 18.8 Å². The van der Waals surface area contributed by atoms with Gasteiger partial charge in [0.05, 0.1) is 6.20 Å². The molecule has 60 valence electrons. The molecule has 0 bridgehead atoms. The van der Waals surface area contributed by atoms with Crippen molar-refractivity contribution in [1.82, 2.24) is 4.98 Å². The van der Waals surface area contributed by atoms with E-state index in [1.807, 2.05) is 0 Å². The van der Waals surface area contributed by atoms with Crippen LogP contribution in [0.4, 0.5) is 0 Å². The van der Waals surface area contributed by atoms with Gasteiger partial charge in [0.15, 0.2) is 6.39 Å². The van der Waals surface area contributed by atoms with Crippen molar-refractivity contribution in [2.24, 2.45) is 0 Å². The first-order valence-corrected chi connectivity index (χ1v) is 3.93. The first-order valence-electron chi connectivity index (χ1n) is 3.93. The van der Waals surface area contributed by atoms with Gasteiger partial charge in [0, 0.05) is 19.1 Å². The summed E-state index contributed by atoms with van der Waals surface area (Å²) in [6.07, 6.45) is 5.42. The number of hydrogen-bond acceptors (Lipinski definition) is 3. The van der Waals surface area contributed by atoms with Gasteiger partial charge in [-0.1, -0.05) is 0 Å². The molecule has 1 aromatic rings. The van der Waals surface area contributed by atoms with E-state index >= 15 is 0 Å². The fraction of sp³-hybridized carbons (Fsp3) is 0.625. The fourth-order valence-electron chi connectivity index (χ4n) is 1.41. The molecule has 1 saturated heterocycles. The van der Waals surface area contributed by atoms with Gasteiger partial charge in [0.25, 0.3) is 0 Å². The Morgan fingerprint density at radius 3 is 2.82 bits per heavy atom. The molecule has 1 aromatic heterocycles. The van der Waals surface area contributed by atoms with Crippen LogP contribution >= 0.6 is 0 Å². The molecule has 1 fully saturated rings. The largest absolute Gasteiger partial charge is 0.448 e. The number of hydrogen-bond donors (Lipinski definition) is 0. The molecule has 1 aliphatic rings. The lowest BCUT2D eigenvalue weighted by atomic mass is 9.98. The van der Waals surface area contributed by atoms with Crippen LogP contribution < -0.4 is 0 Å². The first-order chi connectivity index (χ1) is 5.47. The summed E-state index contributed by atoms with van der Waals surface area (Å²) < 4.78 is 10.4. The summed E-state index contributed by atoms with van der Waals surface area (Å²) in [5.41, 5.74) is 0. The molecule has 0 unspecified atom stereocenters. The lowest BCUT2D eigenvalue weighted by molar-refractivity contribution is 0.0806. The van der Waals surface area contributed by atoms with E-state index in [4.69, 9.17) is 9.15 Å². The summed E-state index contributed by atoms with van der Waals surface area (Å²) >= 11 is 0. The highest BCUT2D eigenvalue weighted by Gasteiger charge is 2.17. The Morgan fingerprint density at radius 1 is 1.36 bits per heavy atom. The van der Waals surface area contributed by atoms with Gasteiger partial charge >= 0.3 is 0 Å². The number of rotatable bonds is 1. The van der Waals surface area contributed by atoms with Gasteiger partial charge in [-0.15, -0.1) is 0 Å². The average molecular weight is 153 g/mol. The van der Waals surface area contributed by atoms with Crippen LogP contribution in [0.2, 0.25) is 0 Å². The van der Waals surface area contributed by atoms with E-state index < -0.39 is 0 Å². The van der Waals surface area contributed by atoms with E-state index in [1.54, 1.807) is 6.20 Å². The standard InChI is InChI=1S/C8H11NO2/c1-3-10-4-2-7(1)8-5-9-6-11-8/h5-7H,1-4H2.